The van der Waals surface area contributed by atoms with Crippen molar-refractivity contribution in [1.82, 2.24) is 0 Å². The van der Waals surface area contributed by atoms with Crippen LogP contribution in [0.25, 0.3) is 11.1 Å². The monoisotopic (exact) mass is 334 g/mol. The van der Waals surface area contributed by atoms with E-state index in [1.54, 1.807) is 36.4 Å². The van der Waals surface area contributed by atoms with Crippen LogP contribution in [0.5, 0.6) is 5.75 Å². The van der Waals surface area contributed by atoms with Crippen LogP contribution in [0, 0.1) is 0 Å². The maximum absolute atomic E-state index is 12.2. The van der Waals surface area contributed by atoms with Crippen molar-refractivity contribution in [1.29, 1.82) is 0 Å². The number of halogens is 1. The molecule has 0 heterocycles. The molecule has 0 aliphatic carbocycles. The van der Waals surface area contributed by atoms with Gasteiger partial charge in [0.05, 0.1) is 31.9 Å². The summed E-state index contributed by atoms with van der Waals surface area (Å²) in [5.74, 6) is -0.831. The third-order valence-electron chi connectivity index (χ3n) is 3.33. The van der Waals surface area contributed by atoms with Crippen LogP contribution in [0.1, 0.15) is 20.7 Å². The molecule has 2 aromatic rings. The molecular weight excluding hydrogens is 320 g/mol. The van der Waals surface area contributed by atoms with E-state index >= 15 is 0 Å². The van der Waals surface area contributed by atoms with Crippen molar-refractivity contribution < 1.29 is 23.8 Å². The van der Waals surface area contributed by atoms with Crippen molar-refractivity contribution in [3.05, 3.63) is 52.5 Å². The molecule has 2 aromatic carbocycles. The highest BCUT2D eigenvalue weighted by atomic mass is 35.5. The standard InChI is InChI=1S/C17H15ClO5/c1-21-13-9-5-7-11(15(13)17(20)23-3)10-6-4-8-12(18)14(10)16(19)22-2/h4-9H,1-3H3. The summed E-state index contributed by atoms with van der Waals surface area (Å²) in [4.78, 5) is 24.3. The average Bonchev–Trinajstić information content (AvgIpc) is 2.59. The molecular formula is C17H15ClO5. The Kier molecular flexibility index (Phi) is 5.24. The summed E-state index contributed by atoms with van der Waals surface area (Å²) in [5.41, 5.74) is 1.32. The summed E-state index contributed by atoms with van der Waals surface area (Å²) in [6.07, 6.45) is 0. The van der Waals surface area contributed by atoms with E-state index in [4.69, 9.17) is 25.8 Å². The van der Waals surface area contributed by atoms with Crippen molar-refractivity contribution in [3.63, 3.8) is 0 Å². The van der Waals surface area contributed by atoms with Gasteiger partial charge in [0.25, 0.3) is 0 Å². The number of hydrogen-bond donors (Lipinski definition) is 0. The predicted molar refractivity (Wildman–Crippen MR) is 86.1 cm³/mol. The van der Waals surface area contributed by atoms with Crippen molar-refractivity contribution in [2.75, 3.05) is 21.3 Å². The number of carbonyl (C=O) groups is 2. The van der Waals surface area contributed by atoms with Crippen LogP contribution in [0.15, 0.2) is 36.4 Å². The molecule has 5 nitrogen and oxygen atoms in total. The Morgan fingerprint density at radius 2 is 1.35 bits per heavy atom. The quantitative estimate of drug-likeness (QED) is 0.800. The largest absolute Gasteiger partial charge is 0.496 e. The molecule has 0 saturated heterocycles. The van der Waals surface area contributed by atoms with Gasteiger partial charge in [0.15, 0.2) is 0 Å². The van der Waals surface area contributed by atoms with Gasteiger partial charge in [0.2, 0.25) is 0 Å². The SMILES string of the molecule is COC(=O)c1c(Cl)cccc1-c1cccc(OC)c1C(=O)OC. The van der Waals surface area contributed by atoms with Crippen LogP contribution in [0.2, 0.25) is 5.02 Å². The van der Waals surface area contributed by atoms with E-state index in [0.29, 0.717) is 16.9 Å². The first-order chi connectivity index (χ1) is 11.0. The van der Waals surface area contributed by atoms with Crippen molar-refractivity contribution in [2.45, 2.75) is 0 Å². The van der Waals surface area contributed by atoms with Crippen LogP contribution >= 0.6 is 11.6 Å². The number of ether oxygens (including phenoxy) is 3. The Morgan fingerprint density at radius 1 is 0.826 bits per heavy atom. The Morgan fingerprint density at radius 3 is 1.91 bits per heavy atom. The molecule has 0 aliphatic rings. The first kappa shape index (κ1) is 16.8. The lowest BCUT2D eigenvalue weighted by Gasteiger charge is -2.15. The number of hydrogen-bond acceptors (Lipinski definition) is 5. The van der Waals surface area contributed by atoms with Gasteiger partial charge in [0.1, 0.15) is 11.3 Å². The van der Waals surface area contributed by atoms with Gasteiger partial charge in [-0.15, -0.1) is 0 Å². The molecule has 0 saturated carbocycles. The Balaban J connectivity index is 2.80. The Labute approximate surface area is 138 Å². The molecule has 0 atom stereocenters. The topological polar surface area (TPSA) is 61.8 Å². The second-order valence-corrected chi connectivity index (χ2v) is 4.94. The Hall–Kier alpha value is -2.53. The summed E-state index contributed by atoms with van der Waals surface area (Å²) in [7, 11) is 3.99. The molecule has 6 heteroatoms. The van der Waals surface area contributed by atoms with E-state index in [2.05, 4.69) is 0 Å². The lowest BCUT2D eigenvalue weighted by Crippen LogP contribution is -2.09. The molecule has 0 aromatic heterocycles. The lowest BCUT2D eigenvalue weighted by molar-refractivity contribution is 0.0588. The third kappa shape index (κ3) is 3.14. The number of benzene rings is 2. The van der Waals surface area contributed by atoms with Crippen LogP contribution in [-0.2, 0) is 9.47 Å². The minimum Gasteiger partial charge on any atom is -0.496 e. The molecule has 120 valence electrons. The van der Waals surface area contributed by atoms with Crippen LogP contribution in [-0.4, -0.2) is 33.3 Å². The highest BCUT2D eigenvalue weighted by molar-refractivity contribution is 6.34. The highest BCUT2D eigenvalue weighted by Gasteiger charge is 2.24. The van der Waals surface area contributed by atoms with Gasteiger partial charge in [-0.3, -0.25) is 0 Å². The molecule has 0 unspecified atom stereocenters. The van der Waals surface area contributed by atoms with Gasteiger partial charge in [-0.05, 0) is 17.7 Å². The van der Waals surface area contributed by atoms with Gasteiger partial charge >= 0.3 is 11.9 Å². The maximum atomic E-state index is 12.2. The maximum Gasteiger partial charge on any atom is 0.342 e. The van der Waals surface area contributed by atoms with Gasteiger partial charge in [-0.25, -0.2) is 9.59 Å². The zero-order valence-electron chi connectivity index (χ0n) is 12.9. The van der Waals surface area contributed by atoms with Crippen LogP contribution in [0.4, 0.5) is 0 Å². The fraction of sp³-hybridized carbons (Fsp3) is 0.176. The van der Waals surface area contributed by atoms with Gasteiger partial charge in [-0.2, -0.15) is 0 Å². The smallest absolute Gasteiger partial charge is 0.342 e. The van der Waals surface area contributed by atoms with Gasteiger partial charge < -0.3 is 14.2 Å². The molecule has 0 radical (unpaired) electrons. The number of esters is 2. The minimum atomic E-state index is -0.593. The predicted octanol–water partition coefficient (Wildman–Crippen LogP) is 3.59. The van der Waals surface area contributed by atoms with E-state index in [1.807, 2.05) is 0 Å². The highest BCUT2D eigenvalue weighted by Crippen LogP contribution is 2.36. The van der Waals surface area contributed by atoms with Crippen molar-refractivity contribution >= 4 is 23.5 Å². The average molecular weight is 335 g/mol. The summed E-state index contributed by atoms with van der Waals surface area (Å²) < 4.78 is 14.9. The summed E-state index contributed by atoms with van der Waals surface area (Å²) in [6.45, 7) is 0. The molecule has 0 bridgehead atoms. The summed E-state index contributed by atoms with van der Waals surface area (Å²) in [6, 6.07) is 9.98. The minimum absolute atomic E-state index is 0.176. The molecule has 23 heavy (non-hydrogen) atoms. The summed E-state index contributed by atoms with van der Waals surface area (Å²) in [5, 5.41) is 0.230. The van der Waals surface area contributed by atoms with E-state index in [1.165, 1.54) is 21.3 Å². The Bertz CT molecular complexity index is 755. The van der Waals surface area contributed by atoms with Crippen molar-refractivity contribution in [3.8, 4) is 16.9 Å². The molecule has 0 fully saturated rings. The molecule has 2 rings (SSSR count). The normalized spacial score (nSPS) is 10.1. The summed E-state index contributed by atoms with van der Waals surface area (Å²) >= 11 is 6.14. The first-order valence-electron chi connectivity index (χ1n) is 6.67. The van der Waals surface area contributed by atoms with E-state index in [-0.39, 0.29) is 16.1 Å². The lowest BCUT2D eigenvalue weighted by atomic mass is 9.94. The fourth-order valence-electron chi connectivity index (χ4n) is 2.30. The first-order valence-corrected chi connectivity index (χ1v) is 7.05. The second kappa shape index (κ2) is 7.15. The fourth-order valence-corrected chi connectivity index (χ4v) is 2.55. The molecule has 0 spiro atoms. The van der Waals surface area contributed by atoms with E-state index < -0.39 is 11.9 Å². The van der Waals surface area contributed by atoms with Crippen molar-refractivity contribution in [2.24, 2.45) is 0 Å². The molecule has 0 N–H and O–H groups in total. The molecule has 0 aliphatic heterocycles. The number of methoxy groups -OCH3 is 3. The third-order valence-corrected chi connectivity index (χ3v) is 3.64. The van der Waals surface area contributed by atoms with E-state index in [0.717, 1.165) is 0 Å². The zero-order valence-corrected chi connectivity index (χ0v) is 13.6. The zero-order chi connectivity index (χ0) is 17.0. The van der Waals surface area contributed by atoms with Gasteiger partial charge in [-0.1, -0.05) is 35.9 Å². The number of rotatable bonds is 4. The van der Waals surface area contributed by atoms with E-state index in [9.17, 15) is 9.59 Å². The van der Waals surface area contributed by atoms with Crippen LogP contribution in [0.3, 0.4) is 0 Å². The van der Waals surface area contributed by atoms with Gasteiger partial charge in [0, 0.05) is 5.56 Å². The second-order valence-electron chi connectivity index (χ2n) is 4.53. The van der Waals surface area contributed by atoms with Crippen LogP contribution < -0.4 is 4.74 Å². The number of carbonyl (C=O) groups excluding carboxylic acids is 2. The molecule has 0 amide bonds.